The number of nitrogens with zero attached hydrogens (tertiary/aromatic N) is 1. The molecule has 3 rings (SSSR count). The van der Waals surface area contributed by atoms with E-state index in [2.05, 4.69) is 27.4 Å². The Morgan fingerprint density at radius 2 is 2.20 bits per heavy atom. The van der Waals surface area contributed by atoms with Crippen molar-refractivity contribution < 1.29 is 4.79 Å². The second kappa shape index (κ2) is 5.90. The lowest BCUT2D eigenvalue weighted by atomic mass is 10.1. The highest BCUT2D eigenvalue weighted by Crippen LogP contribution is 2.47. The summed E-state index contributed by atoms with van der Waals surface area (Å²) in [6, 6.07) is 10.3. The number of hydrogen-bond donors (Lipinski definition) is 2. The molecular formula is C16H19N3O. The van der Waals surface area contributed by atoms with E-state index in [0.717, 1.165) is 31.6 Å². The Balaban J connectivity index is 1.38. The molecule has 2 aromatic rings. The molecule has 1 aromatic heterocycles. The summed E-state index contributed by atoms with van der Waals surface area (Å²) in [6.07, 6.45) is 6.35. The SMILES string of the molecule is O=C(NCCCc1ncc[nH]1)C1CC1c1ccccc1. The molecular weight excluding hydrogens is 250 g/mol. The number of hydrogen-bond acceptors (Lipinski definition) is 2. The Morgan fingerprint density at radius 3 is 2.95 bits per heavy atom. The van der Waals surface area contributed by atoms with Gasteiger partial charge < -0.3 is 10.3 Å². The van der Waals surface area contributed by atoms with Gasteiger partial charge in [-0.05, 0) is 24.3 Å². The van der Waals surface area contributed by atoms with Gasteiger partial charge in [0.2, 0.25) is 5.91 Å². The van der Waals surface area contributed by atoms with Gasteiger partial charge in [-0.15, -0.1) is 0 Å². The van der Waals surface area contributed by atoms with Crippen molar-refractivity contribution in [1.82, 2.24) is 15.3 Å². The van der Waals surface area contributed by atoms with Gasteiger partial charge in [-0.3, -0.25) is 4.79 Å². The maximum absolute atomic E-state index is 12.0. The normalized spacial score (nSPS) is 20.6. The Bertz CT molecular complexity index is 550. The van der Waals surface area contributed by atoms with Gasteiger partial charge in [0.15, 0.2) is 0 Å². The monoisotopic (exact) mass is 269 g/mol. The van der Waals surface area contributed by atoms with E-state index in [0.29, 0.717) is 5.92 Å². The van der Waals surface area contributed by atoms with Crippen molar-refractivity contribution in [1.29, 1.82) is 0 Å². The second-order valence-electron chi connectivity index (χ2n) is 5.29. The molecule has 104 valence electrons. The minimum atomic E-state index is 0.168. The molecule has 0 bridgehead atoms. The van der Waals surface area contributed by atoms with Crippen LogP contribution in [-0.4, -0.2) is 22.4 Å². The van der Waals surface area contributed by atoms with Crippen LogP contribution in [0, 0.1) is 5.92 Å². The lowest BCUT2D eigenvalue weighted by Crippen LogP contribution is -2.26. The number of nitrogens with one attached hydrogen (secondary N) is 2. The molecule has 0 spiro atoms. The number of carbonyl (C=O) groups is 1. The van der Waals surface area contributed by atoms with Gasteiger partial charge in [0.05, 0.1) is 0 Å². The van der Waals surface area contributed by atoms with Crippen LogP contribution in [0.15, 0.2) is 42.7 Å². The van der Waals surface area contributed by atoms with Crippen LogP contribution in [0.2, 0.25) is 0 Å². The molecule has 1 fully saturated rings. The maximum Gasteiger partial charge on any atom is 0.223 e. The molecule has 1 saturated carbocycles. The number of carbonyl (C=O) groups excluding carboxylic acids is 1. The van der Waals surface area contributed by atoms with Crippen molar-refractivity contribution in [2.24, 2.45) is 5.92 Å². The summed E-state index contributed by atoms with van der Waals surface area (Å²) in [5.74, 6) is 1.76. The van der Waals surface area contributed by atoms with Crippen LogP contribution in [0.3, 0.4) is 0 Å². The number of amides is 1. The van der Waals surface area contributed by atoms with Crippen molar-refractivity contribution in [3.05, 3.63) is 54.1 Å². The van der Waals surface area contributed by atoms with E-state index in [4.69, 9.17) is 0 Å². The van der Waals surface area contributed by atoms with Gasteiger partial charge in [0, 0.05) is 31.3 Å². The Kier molecular flexibility index (Phi) is 3.81. The molecule has 4 nitrogen and oxygen atoms in total. The maximum atomic E-state index is 12.0. The number of imidazole rings is 1. The minimum absolute atomic E-state index is 0.168. The first-order chi connectivity index (χ1) is 9.84. The van der Waals surface area contributed by atoms with Gasteiger partial charge in [-0.2, -0.15) is 0 Å². The molecule has 1 aliphatic rings. The first-order valence-electron chi connectivity index (χ1n) is 7.15. The summed E-state index contributed by atoms with van der Waals surface area (Å²) < 4.78 is 0. The summed E-state index contributed by atoms with van der Waals surface area (Å²) in [4.78, 5) is 19.2. The highest BCUT2D eigenvalue weighted by atomic mass is 16.2. The van der Waals surface area contributed by atoms with Crippen LogP contribution in [0.1, 0.15) is 30.1 Å². The number of rotatable bonds is 6. The van der Waals surface area contributed by atoms with Crippen molar-refractivity contribution >= 4 is 5.91 Å². The van der Waals surface area contributed by atoms with Gasteiger partial charge in [0.25, 0.3) is 0 Å². The number of H-pyrrole nitrogens is 1. The summed E-state index contributed by atoms with van der Waals surface area (Å²) >= 11 is 0. The van der Waals surface area contributed by atoms with Crippen molar-refractivity contribution in [3.63, 3.8) is 0 Å². The second-order valence-corrected chi connectivity index (χ2v) is 5.29. The molecule has 0 aliphatic heterocycles. The average molecular weight is 269 g/mol. The molecule has 1 aliphatic carbocycles. The van der Waals surface area contributed by atoms with Gasteiger partial charge >= 0.3 is 0 Å². The first kappa shape index (κ1) is 12.9. The summed E-state index contributed by atoms with van der Waals surface area (Å²) in [6.45, 7) is 0.720. The smallest absolute Gasteiger partial charge is 0.223 e. The summed E-state index contributed by atoms with van der Waals surface area (Å²) in [5.41, 5.74) is 1.28. The van der Waals surface area contributed by atoms with Crippen molar-refractivity contribution in [3.8, 4) is 0 Å². The summed E-state index contributed by atoms with van der Waals surface area (Å²) in [5, 5.41) is 3.03. The fourth-order valence-corrected chi connectivity index (χ4v) is 2.59. The van der Waals surface area contributed by atoms with E-state index in [9.17, 15) is 4.79 Å². The Morgan fingerprint density at radius 1 is 1.35 bits per heavy atom. The van der Waals surface area contributed by atoms with Crippen LogP contribution in [0.25, 0.3) is 0 Å². The van der Waals surface area contributed by atoms with Gasteiger partial charge in [-0.25, -0.2) is 4.98 Å². The highest BCUT2D eigenvalue weighted by molar-refractivity contribution is 5.82. The molecule has 4 heteroatoms. The number of benzene rings is 1. The lowest BCUT2D eigenvalue weighted by molar-refractivity contribution is -0.122. The largest absolute Gasteiger partial charge is 0.356 e. The van der Waals surface area contributed by atoms with E-state index in [-0.39, 0.29) is 11.8 Å². The van der Waals surface area contributed by atoms with Crippen LogP contribution >= 0.6 is 0 Å². The zero-order chi connectivity index (χ0) is 13.8. The topological polar surface area (TPSA) is 57.8 Å². The molecule has 2 N–H and O–H groups in total. The number of aryl methyl sites for hydroxylation is 1. The average Bonchev–Trinajstić information content (AvgIpc) is 3.13. The molecule has 0 radical (unpaired) electrons. The third-order valence-electron chi connectivity index (χ3n) is 3.80. The van der Waals surface area contributed by atoms with Crippen LogP contribution < -0.4 is 5.32 Å². The molecule has 0 saturated heterocycles. The van der Waals surface area contributed by atoms with E-state index < -0.39 is 0 Å². The molecule has 2 atom stereocenters. The van der Waals surface area contributed by atoms with E-state index in [1.165, 1.54) is 5.56 Å². The molecule has 1 aromatic carbocycles. The Labute approximate surface area is 118 Å². The lowest BCUT2D eigenvalue weighted by Gasteiger charge is -2.04. The Hall–Kier alpha value is -2.10. The summed E-state index contributed by atoms with van der Waals surface area (Å²) in [7, 11) is 0. The molecule has 20 heavy (non-hydrogen) atoms. The van der Waals surface area contributed by atoms with Crippen LogP contribution in [-0.2, 0) is 11.2 Å². The highest BCUT2D eigenvalue weighted by Gasteiger charge is 2.43. The predicted octanol–water partition coefficient (Wildman–Crippen LogP) is 2.26. The number of aromatic nitrogens is 2. The quantitative estimate of drug-likeness (QED) is 0.790. The van der Waals surface area contributed by atoms with Gasteiger partial charge in [0.1, 0.15) is 5.82 Å². The minimum Gasteiger partial charge on any atom is -0.356 e. The van der Waals surface area contributed by atoms with E-state index >= 15 is 0 Å². The standard InChI is InChI=1S/C16H19N3O/c20-16(19-8-4-7-15-17-9-10-18-15)14-11-13(14)12-5-2-1-3-6-12/h1-3,5-6,9-10,13-14H,4,7-8,11H2,(H,17,18)(H,19,20). The van der Waals surface area contributed by atoms with E-state index in [1.807, 2.05) is 24.4 Å². The van der Waals surface area contributed by atoms with Crippen molar-refractivity contribution in [2.75, 3.05) is 6.54 Å². The predicted molar refractivity (Wildman–Crippen MR) is 77.2 cm³/mol. The third-order valence-corrected chi connectivity index (χ3v) is 3.80. The molecule has 2 unspecified atom stereocenters. The fraction of sp³-hybridized carbons (Fsp3) is 0.375. The number of aromatic amines is 1. The van der Waals surface area contributed by atoms with Gasteiger partial charge in [-0.1, -0.05) is 30.3 Å². The first-order valence-corrected chi connectivity index (χ1v) is 7.15. The third kappa shape index (κ3) is 3.07. The van der Waals surface area contributed by atoms with E-state index in [1.54, 1.807) is 6.20 Å². The molecule has 1 amide bonds. The van der Waals surface area contributed by atoms with Crippen molar-refractivity contribution in [2.45, 2.75) is 25.2 Å². The zero-order valence-electron chi connectivity index (χ0n) is 11.4. The zero-order valence-corrected chi connectivity index (χ0v) is 11.4. The van der Waals surface area contributed by atoms with Crippen LogP contribution in [0.4, 0.5) is 0 Å². The molecule has 1 heterocycles. The van der Waals surface area contributed by atoms with Crippen LogP contribution in [0.5, 0.6) is 0 Å². The fourth-order valence-electron chi connectivity index (χ4n) is 2.59.